The highest BCUT2D eigenvalue weighted by molar-refractivity contribution is 7.89. The Hall–Kier alpha value is -1.78. The topological polar surface area (TPSA) is 105 Å². The molecule has 24 heavy (non-hydrogen) atoms. The van der Waals surface area contributed by atoms with Crippen LogP contribution in [0.1, 0.15) is 10.5 Å². The van der Waals surface area contributed by atoms with Crippen LogP contribution in [0.2, 0.25) is 0 Å². The van der Waals surface area contributed by atoms with Gasteiger partial charge in [0.05, 0.1) is 37.4 Å². The van der Waals surface area contributed by atoms with Gasteiger partial charge >= 0.3 is 0 Å². The predicted molar refractivity (Wildman–Crippen MR) is 89.2 cm³/mol. The van der Waals surface area contributed by atoms with Gasteiger partial charge in [0.25, 0.3) is 5.91 Å². The lowest BCUT2D eigenvalue weighted by Gasteiger charge is -2.21. The van der Waals surface area contributed by atoms with Crippen LogP contribution in [0.3, 0.4) is 0 Å². The average molecular weight is 357 g/mol. The monoisotopic (exact) mass is 357 g/mol. The Balaban J connectivity index is 2.10. The van der Waals surface area contributed by atoms with E-state index in [-0.39, 0.29) is 29.3 Å². The van der Waals surface area contributed by atoms with Gasteiger partial charge in [-0.3, -0.25) is 9.78 Å². The summed E-state index contributed by atoms with van der Waals surface area (Å²) in [5.74, 6) is -0.0417. The third-order valence-electron chi connectivity index (χ3n) is 3.77. The molecule has 1 amide bonds. The van der Waals surface area contributed by atoms with Gasteiger partial charge in [0.1, 0.15) is 11.5 Å². The first kappa shape index (κ1) is 18.6. The number of carbonyl (C=O) groups excluding carboxylic acids is 1. The number of nitrogens with zero attached hydrogens (tertiary/aromatic N) is 4. The second-order valence-electron chi connectivity index (χ2n) is 6.10. The number of sulfonamides is 1. The number of anilines is 1. The summed E-state index contributed by atoms with van der Waals surface area (Å²) < 4.78 is 30.8. The lowest BCUT2D eigenvalue weighted by atomic mass is 10.1. The van der Waals surface area contributed by atoms with Crippen LogP contribution in [0, 0.1) is 5.92 Å². The molecule has 10 heteroatoms. The molecular formula is C14H23N5O4S. The normalized spacial score (nSPS) is 21.0. The lowest BCUT2D eigenvalue weighted by Crippen LogP contribution is -2.37. The number of aromatic nitrogens is 2. The maximum absolute atomic E-state index is 12.1. The molecule has 1 fully saturated rings. The van der Waals surface area contributed by atoms with Crippen LogP contribution in [0.4, 0.5) is 5.82 Å². The SMILES string of the molecule is CN(C)C(=O)c1cncc(N[C@@H]2COC[C@H]2CS(=O)(=O)N(C)C)n1. The highest BCUT2D eigenvalue weighted by atomic mass is 32.2. The summed E-state index contributed by atoms with van der Waals surface area (Å²) in [5, 5.41) is 3.13. The number of rotatable bonds is 6. The van der Waals surface area contributed by atoms with Crippen LogP contribution < -0.4 is 5.32 Å². The fourth-order valence-corrected chi connectivity index (χ4v) is 3.47. The minimum absolute atomic E-state index is 0.0125. The summed E-state index contributed by atoms with van der Waals surface area (Å²) in [7, 11) is 2.97. The summed E-state index contributed by atoms with van der Waals surface area (Å²) in [6.45, 7) is 0.732. The summed E-state index contributed by atoms with van der Waals surface area (Å²) in [6.07, 6.45) is 2.90. The molecule has 2 atom stereocenters. The van der Waals surface area contributed by atoms with Crippen LogP contribution in [0.5, 0.6) is 0 Å². The van der Waals surface area contributed by atoms with Crippen molar-refractivity contribution in [1.82, 2.24) is 19.2 Å². The van der Waals surface area contributed by atoms with Crippen LogP contribution in [-0.2, 0) is 14.8 Å². The van der Waals surface area contributed by atoms with Gasteiger partial charge in [-0.15, -0.1) is 0 Å². The maximum Gasteiger partial charge on any atom is 0.273 e. The van der Waals surface area contributed by atoms with Crippen molar-refractivity contribution in [2.75, 3.05) is 52.5 Å². The number of hydrogen-bond acceptors (Lipinski definition) is 7. The fraction of sp³-hybridized carbons (Fsp3) is 0.643. The third kappa shape index (κ3) is 4.40. The van der Waals surface area contributed by atoms with Crippen molar-refractivity contribution in [2.45, 2.75) is 6.04 Å². The number of amides is 1. The van der Waals surface area contributed by atoms with E-state index < -0.39 is 10.0 Å². The van der Waals surface area contributed by atoms with Crippen molar-refractivity contribution in [3.8, 4) is 0 Å². The first-order chi connectivity index (χ1) is 11.2. The fourth-order valence-electron chi connectivity index (χ4n) is 2.30. The minimum atomic E-state index is -3.32. The van der Waals surface area contributed by atoms with E-state index in [2.05, 4.69) is 15.3 Å². The van der Waals surface area contributed by atoms with E-state index in [1.807, 2.05) is 0 Å². The summed E-state index contributed by atoms with van der Waals surface area (Å²) in [5.41, 5.74) is 0.223. The van der Waals surface area contributed by atoms with Crippen molar-refractivity contribution < 1.29 is 17.9 Å². The molecule has 1 aliphatic heterocycles. The summed E-state index contributed by atoms with van der Waals surface area (Å²) in [6, 6.07) is -0.210. The van der Waals surface area contributed by atoms with Crippen LogP contribution in [0.25, 0.3) is 0 Å². The van der Waals surface area contributed by atoms with Gasteiger partial charge in [0.15, 0.2) is 0 Å². The van der Waals surface area contributed by atoms with E-state index in [1.54, 1.807) is 14.1 Å². The van der Waals surface area contributed by atoms with Gasteiger partial charge in [-0.25, -0.2) is 17.7 Å². The first-order valence-electron chi connectivity index (χ1n) is 7.49. The van der Waals surface area contributed by atoms with Gasteiger partial charge < -0.3 is 15.0 Å². The summed E-state index contributed by atoms with van der Waals surface area (Å²) in [4.78, 5) is 21.6. The van der Waals surface area contributed by atoms with E-state index in [4.69, 9.17) is 4.74 Å². The molecule has 2 heterocycles. The predicted octanol–water partition coefficient (Wildman–Crippen LogP) is -0.503. The highest BCUT2D eigenvalue weighted by Gasteiger charge is 2.33. The zero-order chi connectivity index (χ0) is 17.9. The standard InChI is InChI=1S/C14H23N5O4S/c1-18(2)14(20)11-5-15-6-13(16-11)17-12-8-23-7-10(12)9-24(21,22)19(3)4/h5-6,10,12H,7-9H2,1-4H3,(H,16,17)/t10-,12+/m0/s1. The molecule has 1 saturated heterocycles. The summed E-state index contributed by atoms with van der Waals surface area (Å²) >= 11 is 0. The van der Waals surface area contributed by atoms with E-state index in [0.717, 1.165) is 0 Å². The third-order valence-corrected chi connectivity index (χ3v) is 5.73. The van der Waals surface area contributed by atoms with Crippen LogP contribution >= 0.6 is 0 Å². The van der Waals surface area contributed by atoms with Gasteiger partial charge in [0, 0.05) is 34.1 Å². The Morgan fingerprint density at radius 1 is 1.29 bits per heavy atom. The van der Waals surface area contributed by atoms with E-state index in [9.17, 15) is 13.2 Å². The molecule has 134 valence electrons. The molecule has 1 aromatic heterocycles. The Morgan fingerprint density at radius 3 is 2.62 bits per heavy atom. The molecule has 1 aromatic rings. The second-order valence-corrected chi connectivity index (χ2v) is 8.33. The average Bonchev–Trinajstić information content (AvgIpc) is 2.92. The van der Waals surface area contributed by atoms with Crippen molar-refractivity contribution >= 4 is 21.7 Å². The van der Waals surface area contributed by atoms with Crippen molar-refractivity contribution in [2.24, 2.45) is 5.92 Å². The molecule has 2 rings (SSSR count). The van der Waals surface area contributed by atoms with E-state index in [1.165, 1.54) is 35.7 Å². The van der Waals surface area contributed by atoms with Crippen LogP contribution in [-0.4, -0.2) is 86.7 Å². The van der Waals surface area contributed by atoms with E-state index in [0.29, 0.717) is 19.0 Å². The first-order valence-corrected chi connectivity index (χ1v) is 9.10. The zero-order valence-corrected chi connectivity index (χ0v) is 15.1. The molecule has 0 radical (unpaired) electrons. The molecule has 0 aliphatic carbocycles. The maximum atomic E-state index is 12.1. The Bertz CT molecular complexity index is 692. The molecular weight excluding hydrogens is 334 g/mol. The van der Waals surface area contributed by atoms with Crippen molar-refractivity contribution in [3.05, 3.63) is 18.1 Å². The quantitative estimate of drug-likeness (QED) is 0.731. The molecule has 0 bridgehead atoms. The Morgan fingerprint density at radius 2 is 2.00 bits per heavy atom. The van der Waals surface area contributed by atoms with Gasteiger partial charge in [-0.1, -0.05) is 0 Å². The van der Waals surface area contributed by atoms with Gasteiger partial charge in [-0.2, -0.15) is 0 Å². The molecule has 1 aliphatic rings. The second kappa shape index (κ2) is 7.41. The molecule has 0 unspecified atom stereocenters. The number of ether oxygens (including phenoxy) is 1. The van der Waals surface area contributed by atoms with Gasteiger partial charge in [-0.05, 0) is 0 Å². The molecule has 0 spiro atoms. The van der Waals surface area contributed by atoms with Crippen molar-refractivity contribution in [3.63, 3.8) is 0 Å². The molecule has 0 saturated carbocycles. The smallest absolute Gasteiger partial charge is 0.273 e. The van der Waals surface area contributed by atoms with E-state index >= 15 is 0 Å². The van der Waals surface area contributed by atoms with Crippen LogP contribution in [0.15, 0.2) is 12.4 Å². The zero-order valence-electron chi connectivity index (χ0n) is 14.3. The Labute approximate surface area is 142 Å². The number of nitrogens with one attached hydrogen (secondary N) is 1. The lowest BCUT2D eigenvalue weighted by molar-refractivity contribution is 0.0821. The molecule has 9 nitrogen and oxygen atoms in total. The largest absolute Gasteiger partial charge is 0.379 e. The molecule has 0 aromatic carbocycles. The highest BCUT2D eigenvalue weighted by Crippen LogP contribution is 2.20. The molecule has 1 N–H and O–H groups in total. The minimum Gasteiger partial charge on any atom is -0.379 e. The van der Waals surface area contributed by atoms with Crippen molar-refractivity contribution in [1.29, 1.82) is 0 Å². The number of carbonyl (C=O) groups is 1. The van der Waals surface area contributed by atoms with Gasteiger partial charge in [0.2, 0.25) is 10.0 Å². The Kier molecular flexibility index (Phi) is 5.73. The number of hydrogen-bond donors (Lipinski definition) is 1.